The number of nitrogens with zero attached hydrogens (tertiary/aromatic N) is 5. The van der Waals surface area contributed by atoms with Crippen LogP contribution >= 0.6 is 0 Å². The van der Waals surface area contributed by atoms with Crippen molar-refractivity contribution < 1.29 is 4.79 Å². The molecule has 2 fully saturated rings. The molecule has 1 unspecified atom stereocenters. The zero-order chi connectivity index (χ0) is 22.5. The minimum Gasteiger partial charge on any atom is -0.349 e. The summed E-state index contributed by atoms with van der Waals surface area (Å²) in [7, 11) is 0. The third kappa shape index (κ3) is 5.31. The molecule has 1 aliphatic carbocycles. The van der Waals surface area contributed by atoms with Gasteiger partial charge in [-0.1, -0.05) is 57.0 Å². The Hall–Kier alpha value is -2.41. The number of benzene rings is 1. The quantitative estimate of drug-likeness (QED) is 0.684. The molecule has 1 N–H and O–H groups in total. The summed E-state index contributed by atoms with van der Waals surface area (Å²) in [5.74, 6) is 2.79. The van der Waals surface area contributed by atoms with Crippen LogP contribution in [0.3, 0.4) is 0 Å². The number of piperazine rings is 1. The third-order valence-corrected chi connectivity index (χ3v) is 6.95. The molecule has 0 spiro atoms. The first-order chi connectivity index (χ1) is 15.5. The van der Waals surface area contributed by atoms with E-state index in [0.29, 0.717) is 5.92 Å². The van der Waals surface area contributed by atoms with Crippen molar-refractivity contribution in [2.45, 2.75) is 64.8 Å². The van der Waals surface area contributed by atoms with Gasteiger partial charge in [-0.2, -0.15) is 0 Å². The van der Waals surface area contributed by atoms with Gasteiger partial charge in [-0.25, -0.2) is 4.68 Å². The highest BCUT2D eigenvalue weighted by Crippen LogP contribution is 2.26. The van der Waals surface area contributed by atoms with Crippen LogP contribution in [0.25, 0.3) is 0 Å². The van der Waals surface area contributed by atoms with E-state index in [4.69, 9.17) is 0 Å². The van der Waals surface area contributed by atoms with Crippen LogP contribution in [0.4, 0.5) is 0 Å². The van der Waals surface area contributed by atoms with Crippen LogP contribution < -0.4 is 10.3 Å². The molecule has 0 radical (unpaired) electrons. The Kier molecular flexibility index (Phi) is 7.45. The number of carbonyl (C=O) groups is 1. The van der Waals surface area contributed by atoms with E-state index >= 15 is 0 Å². The van der Waals surface area contributed by atoms with E-state index in [-0.39, 0.29) is 17.9 Å². The van der Waals surface area contributed by atoms with Crippen molar-refractivity contribution in [3.63, 3.8) is 0 Å². The van der Waals surface area contributed by atoms with Crippen LogP contribution in [-0.2, 0) is 4.79 Å². The minimum atomic E-state index is 0.0787. The van der Waals surface area contributed by atoms with E-state index in [2.05, 4.69) is 68.2 Å². The average molecular weight is 439 g/mol. The maximum atomic E-state index is 12.8. The van der Waals surface area contributed by atoms with E-state index in [1.54, 1.807) is 0 Å². The van der Waals surface area contributed by atoms with Gasteiger partial charge in [-0.05, 0) is 31.7 Å². The van der Waals surface area contributed by atoms with Gasteiger partial charge in [0, 0.05) is 44.6 Å². The molecule has 0 bridgehead atoms. The average Bonchev–Trinajstić information content (AvgIpc) is 3.48. The highest BCUT2D eigenvalue weighted by Gasteiger charge is 2.27. The molecule has 2 aromatic rings. The van der Waals surface area contributed by atoms with Crippen molar-refractivity contribution in [1.29, 1.82) is 0 Å². The lowest BCUT2D eigenvalue weighted by Gasteiger charge is -2.38. The topological polar surface area (TPSA) is 66.3 Å². The van der Waals surface area contributed by atoms with Gasteiger partial charge in [0.2, 0.25) is 5.91 Å². The highest BCUT2D eigenvalue weighted by atomic mass is 16.1. The molecule has 7 nitrogen and oxygen atoms in total. The van der Waals surface area contributed by atoms with Gasteiger partial charge in [0.15, 0.2) is 5.82 Å². The molecule has 1 saturated heterocycles. The zero-order valence-corrected chi connectivity index (χ0v) is 19.8. The third-order valence-electron chi connectivity index (χ3n) is 6.95. The van der Waals surface area contributed by atoms with Gasteiger partial charge in [0.05, 0.1) is 6.04 Å². The fourth-order valence-electron chi connectivity index (χ4n) is 5.04. The van der Waals surface area contributed by atoms with Crippen LogP contribution in [0, 0.1) is 12.8 Å². The zero-order valence-electron chi connectivity index (χ0n) is 19.8. The number of nitrogens with one attached hydrogen (secondary N) is 1. The monoisotopic (exact) mass is 438 g/mol. The van der Waals surface area contributed by atoms with Gasteiger partial charge in [0.25, 0.3) is 0 Å². The number of hydrogen-bond donors (Lipinski definition) is 1. The van der Waals surface area contributed by atoms with Crippen LogP contribution in [-0.4, -0.2) is 58.4 Å². The smallest absolute Gasteiger partial charge is 0.223 e. The van der Waals surface area contributed by atoms with Crippen molar-refractivity contribution in [1.82, 2.24) is 25.1 Å². The van der Waals surface area contributed by atoms with E-state index in [0.717, 1.165) is 63.6 Å². The number of rotatable bonds is 8. The van der Waals surface area contributed by atoms with Gasteiger partial charge in [0.1, 0.15) is 5.82 Å². The fraction of sp³-hybridized carbons (Fsp3) is 0.640. The molecular weight excluding hydrogens is 400 g/mol. The molecule has 1 aromatic carbocycles. The predicted octanol–water partition coefficient (Wildman–Crippen LogP) is 3.40. The lowest BCUT2D eigenvalue weighted by atomic mass is 10.0. The Balaban J connectivity index is 1.34. The Morgan fingerprint density at radius 3 is 2.41 bits per heavy atom. The van der Waals surface area contributed by atoms with Crippen molar-refractivity contribution in [3.05, 3.63) is 47.5 Å². The van der Waals surface area contributed by atoms with Gasteiger partial charge < -0.3 is 10.3 Å². The molecule has 174 valence electrons. The first-order valence-electron chi connectivity index (χ1n) is 12.3. The Morgan fingerprint density at radius 2 is 1.75 bits per heavy atom. The highest BCUT2D eigenvalue weighted by molar-refractivity contribution is 5.79. The van der Waals surface area contributed by atoms with Crippen molar-refractivity contribution in [3.8, 4) is 0 Å². The molecule has 1 aromatic heterocycles. The summed E-state index contributed by atoms with van der Waals surface area (Å²) in [5, 5.41) is 14.4. The minimum absolute atomic E-state index is 0.0787. The molecular formula is C25H38N6O. The maximum Gasteiger partial charge on any atom is 0.223 e. The summed E-state index contributed by atoms with van der Waals surface area (Å²) in [6, 6.07) is 10.5. The molecule has 2 heterocycles. The number of carbonyl (C=O) groups excluding carboxylic acids is 1. The van der Waals surface area contributed by atoms with Crippen LogP contribution in [0.15, 0.2) is 30.3 Å². The normalized spacial score (nSPS) is 18.9. The molecule has 32 heavy (non-hydrogen) atoms. The molecule has 1 amide bonds. The van der Waals surface area contributed by atoms with Crippen molar-refractivity contribution >= 4 is 5.91 Å². The molecule has 1 aliphatic heterocycles. The van der Waals surface area contributed by atoms with E-state index in [1.165, 1.54) is 18.4 Å². The summed E-state index contributed by atoms with van der Waals surface area (Å²) in [6.07, 6.45) is 5.38. The second-order valence-electron chi connectivity index (χ2n) is 9.61. The SMILES string of the molecule is Cc1nnc(C(C)C)n1N1CCN(CCC(NC(=O)C2CCCC2)c2ccccc2)CC1. The summed E-state index contributed by atoms with van der Waals surface area (Å²) in [5.41, 5.74) is 1.21. The summed E-state index contributed by atoms with van der Waals surface area (Å²) in [6.45, 7) is 11.3. The number of amides is 1. The first kappa shape index (κ1) is 22.8. The van der Waals surface area contributed by atoms with Gasteiger partial charge in [-0.3, -0.25) is 9.69 Å². The second kappa shape index (κ2) is 10.5. The lowest BCUT2D eigenvalue weighted by Crippen LogP contribution is -2.52. The van der Waals surface area contributed by atoms with E-state index in [1.807, 2.05) is 13.0 Å². The van der Waals surface area contributed by atoms with Crippen LogP contribution in [0.5, 0.6) is 0 Å². The molecule has 1 saturated carbocycles. The number of hydrogen-bond acceptors (Lipinski definition) is 5. The maximum absolute atomic E-state index is 12.8. The standard InChI is InChI=1S/C25H38N6O/c1-19(2)24-28-27-20(3)31(24)30-17-15-29(16-18-30)14-13-23(21-9-5-4-6-10-21)26-25(32)22-11-7-8-12-22/h4-6,9-10,19,22-23H,7-8,11-18H2,1-3H3,(H,26,32). The van der Waals surface area contributed by atoms with Crippen molar-refractivity contribution in [2.24, 2.45) is 5.92 Å². The van der Waals surface area contributed by atoms with Gasteiger partial charge in [-0.15, -0.1) is 10.2 Å². The Morgan fingerprint density at radius 1 is 1.06 bits per heavy atom. The predicted molar refractivity (Wildman–Crippen MR) is 127 cm³/mol. The lowest BCUT2D eigenvalue weighted by molar-refractivity contribution is -0.125. The second-order valence-corrected chi connectivity index (χ2v) is 9.61. The number of aryl methyl sites for hydroxylation is 1. The molecule has 1 atom stereocenters. The largest absolute Gasteiger partial charge is 0.349 e. The number of aromatic nitrogens is 3. The van der Waals surface area contributed by atoms with Crippen molar-refractivity contribution in [2.75, 3.05) is 37.7 Å². The summed E-state index contributed by atoms with van der Waals surface area (Å²) >= 11 is 0. The van der Waals surface area contributed by atoms with Gasteiger partial charge >= 0.3 is 0 Å². The summed E-state index contributed by atoms with van der Waals surface area (Å²) < 4.78 is 2.20. The van der Waals surface area contributed by atoms with E-state index in [9.17, 15) is 4.79 Å². The molecule has 2 aliphatic rings. The first-order valence-corrected chi connectivity index (χ1v) is 12.3. The molecule has 7 heteroatoms. The Labute approximate surface area is 192 Å². The Bertz CT molecular complexity index is 866. The van der Waals surface area contributed by atoms with E-state index < -0.39 is 0 Å². The summed E-state index contributed by atoms with van der Waals surface area (Å²) in [4.78, 5) is 15.3. The fourth-order valence-corrected chi connectivity index (χ4v) is 5.04. The molecule has 4 rings (SSSR count). The van der Waals surface area contributed by atoms with Crippen LogP contribution in [0.1, 0.15) is 75.1 Å². The van der Waals surface area contributed by atoms with Crippen LogP contribution in [0.2, 0.25) is 0 Å².